The number of anilines is 1. The molecule has 23 heavy (non-hydrogen) atoms. The lowest BCUT2D eigenvalue weighted by Gasteiger charge is -2.26. The molecule has 0 bridgehead atoms. The van der Waals surface area contributed by atoms with Gasteiger partial charge >= 0.3 is 0 Å². The van der Waals surface area contributed by atoms with Crippen LogP contribution in [0.5, 0.6) is 0 Å². The zero-order chi connectivity index (χ0) is 16.3. The molecule has 1 aromatic rings. The highest BCUT2D eigenvalue weighted by molar-refractivity contribution is 5.59. The fourth-order valence-electron chi connectivity index (χ4n) is 3.76. The minimum absolute atomic E-state index is 0.270. The molecule has 1 aliphatic rings. The van der Waals surface area contributed by atoms with Crippen molar-refractivity contribution in [2.24, 2.45) is 0 Å². The summed E-state index contributed by atoms with van der Waals surface area (Å²) in [5.74, 6) is 0. The summed E-state index contributed by atoms with van der Waals surface area (Å²) in [7, 11) is 0. The van der Waals surface area contributed by atoms with E-state index in [-0.39, 0.29) is 6.61 Å². The van der Waals surface area contributed by atoms with E-state index in [9.17, 15) is 5.11 Å². The van der Waals surface area contributed by atoms with Crippen LogP contribution in [0, 0.1) is 0 Å². The van der Waals surface area contributed by atoms with Crippen LogP contribution in [-0.4, -0.2) is 24.3 Å². The Morgan fingerprint density at radius 1 is 0.913 bits per heavy atom. The monoisotopic (exact) mass is 317 g/mol. The minimum atomic E-state index is 0.270. The molecule has 0 radical (unpaired) electrons. The molecule has 130 valence electrons. The third-order valence-corrected chi connectivity index (χ3v) is 5.16. The van der Waals surface area contributed by atoms with Gasteiger partial charge in [0, 0.05) is 12.2 Å². The van der Waals surface area contributed by atoms with Crippen LogP contribution in [0.2, 0.25) is 0 Å². The summed E-state index contributed by atoms with van der Waals surface area (Å²) >= 11 is 0. The maximum Gasteiger partial charge on any atom is 0.0638 e. The van der Waals surface area contributed by atoms with Gasteiger partial charge in [0.15, 0.2) is 0 Å². The molecular weight excluding hydrogens is 282 g/mol. The number of nitrogens with zero attached hydrogens (tertiary/aromatic N) is 1. The van der Waals surface area contributed by atoms with E-state index < -0.39 is 0 Å². The van der Waals surface area contributed by atoms with Gasteiger partial charge in [-0.15, -0.1) is 0 Å². The molecule has 0 aromatic heterocycles. The second kappa shape index (κ2) is 10.7. The first-order valence-corrected chi connectivity index (χ1v) is 9.82. The summed E-state index contributed by atoms with van der Waals surface area (Å²) in [6.07, 6.45) is 14.8. The minimum Gasteiger partial charge on any atom is -0.394 e. The number of hydrogen-bond acceptors (Lipinski definition) is 2. The molecular formula is C21H35NO. The Kier molecular flexibility index (Phi) is 8.52. The number of hydrogen-bond donors (Lipinski definition) is 1. The second-order valence-corrected chi connectivity index (χ2v) is 7.04. The first-order chi connectivity index (χ1) is 11.4. The molecule has 1 aromatic carbocycles. The highest BCUT2D eigenvalue weighted by Gasteiger charge is 2.27. The third-order valence-electron chi connectivity index (χ3n) is 5.16. The summed E-state index contributed by atoms with van der Waals surface area (Å²) in [5.41, 5.74) is 2.75. The molecule has 0 amide bonds. The van der Waals surface area contributed by atoms with Gasteiger partial charge in [-0.2, -0.15) is 0 Å². The first-order valence-electron chi connectivity index (χ1n) is 9.82. The summed E-state index contributed by atoms with van der Waals surface area (Å²) in [6, 6.07) is 8.94. The van der Waals surface area contributed by atoms with Gasteiger partial charge in [0.05, 0.1) is 12.6 Å². The average Bonchev–Trinajstić information content (AvgIpc) is 2.94. The number of rotatable bonds is 12. The lowest BCUT2D eigenvalue weighted by Crippen LogP contribution is -2.35. The van der Waals surface area contributed by atoms with Crippen LogP contribution >= 0.6 is 0 Å². The van der Waals surface area contributed by atoms with Crippen molar-refractivity contribution in [1.29, 1.82) is 0 Å². The lowest BCUT2D eigenvalue weighted by atomic mass is 10.1. The molecule has 0 aliphatic carbocycles. The zero-order valence-corrected chi connectivity index (χ0v) is 15.0. The predicted molar refractivity (Wildman–Crippen MR) is 100 cm³/mol. The topological polar surface area (TPSA) is 23.5 Å². The van der Waals surface area contributed by atoms with Crippen molar-refractivity contribution in [3.05, 3.63) is 29.8 Å². The van der Waals surface area contributed by atoms with E-state index in [0.29, 0.717) is 6.04 Å². The van der Waals surface area contributed by atoms with Crippen molar-refractivity contribution in [3.8, 4) is 0 Å². The van der Waals surface area contributed by atoms with E-state index in [1.165, 1.54) is 75.5 Å². The van der Waals surface area contributed by atoms with Crippen molar-refractivity contribution in [3.63, 3.8) is 0 Å². The van der Waals surface area contributed by atoms with Gasteiger partial charge in [-0.1, -0.05) is 82.9 Å². The number of aliphatic hydroxyl groups excluding tert-OH is 1. The van der Waals surface area contributed by atoms with E-state index in [0.717, 1.165) is 13.0 Å². The summed E-state index contributed by atoms with van der Waals surface area (Å²) in [4.78, 5) is 2.43. The first kappa shape index (κ1) is 18.3. The van der Waals surface area contributed by atoms with E-state index in [1.807, 2.05) is 0 Å². The summed E-state index contributed by atoms with van der Waals surface area (Å²) < 4.78 is 0. The van der Waals surface area contributed by atoms with Crippen molar-refractivity contribution in [2.75, 3.05) is 18.1 Å². The van der Waals surface area contributed by atoms with E-state index in [1.54, 1.807) is 0 Å². The Labute approximate surface area is 142 Å². The standard InChI is InChI=1S/C21H35NO/c1-2-3-4-5-6-7-8-9-10-13-16-22-20(18-23)17-19-14-11-12-15-21(19)22/h11-12,14-15,20,23H,2-10,13,16-18H2,1H3. The van der Waals surface area contributed by atoms with Gasteiger partial charge in [-0.3, -0.25) is 0 Å². The summed E-state index contributed by atoms with van der Waals surface area (Å²) in [6.45, 7) is 3.64. The molecule has 1 heterocycles. The molecule has 2 heteroatoms. The fraction of sp³-hybridized carbons (Fsp3) is 0.714. The van der Waals surface area contributed by atoms with Crippen molar-refractivity contribution >= 4 is 5.69 Å². The van der Waals surface area contributed by atoms with Crippen LogP contribution < -0.4 is 4.90 Å². The maximum atomic E-state index is 9.63. The number of aliphatic hydroxyl groups is 1. The van der Waals surface area contributed by atoms with Gasteiger partial charge in [0.1, 0.15) is 0 Å². The molecule has 0 saturated carbocycles. The van der Waals surface area contributed by atoms with Gasteiger partial charge in [-0.05, 0) is 24.5 Å². The lowest BCUT2D eigenvalue weighted by molar-refractivity contribution is 0.262. The predicted octanol–water partition coefficient (Wildman–Crippen LogP) is 5.33. The molecule has 1 aliphatic heterocycles. The second-order valence-electron chi connectivity index (χ2n) is 7.04. The number of unbranched alkanes of at least 4 members (excludes halogenated alkanes) is 9. The van der Waals surface area contributed by atoms with E-state index in [2.05, 4.69) is 36.1 Å². The Balaban J connectivity index is 1.57. The number of fused-ring (bicyclic) bond motifs is 1. The van der Waals surface area contributed by atoms with Crippen LogP contribution in [-0.2, 0) is 6.42 Å². The van der Waals surface area contributed by atoms with Gasteiger partial charge in [0.2, 0.25) is 0 Å². The van der Waals surface area contributed by atoms with Crippen molar-refractivity contribution < 1.29 is 5.11 Å². The van der Waals surface area contributed by atoms with Crippen LogP contribution in [0.15, 0.2) is 24.3 Å². The van der Waals surface area contributed by atoms with Gasteiger partial charge in [0.25, 0.3) is 0 Å². The fourth-order valence-corrected chi connectivity index (χ4v) is 3.76. The Hall–Kier alpha value is -1.02. The average molecular weight is 318 g/mol. The SMILES string of the molecule is CCCCCCCCCCCCN1c2ccccc2CC1CO. The normalized spacial score (nSPS) is 16.8. The van der Waals surface area contributed by atoms with Crippen molar-refractivity contribution in [1.82, 2.24) is 0 Å². The van der Waals surface area contributed by atoms with Crippen LogP contribution in [0.3, 0.4) is 0 Å². The maximum absolute atomic E-state index is 9.63. The Morgan fingerprint density at radius 2 is 1.52 bits per heavy atom. The zero-order valence-electron chi connectivity index (χ0n) is 15.0. The van der Waals surface area contributed by atoms with Crippen LogP contribution in [0.25, 0.3) is 0 Å². The van der Waals surface area contributed by atoms with Crippen LogP contribution in [0.4, 0.5) is 5.69 Å². The molecule has 2 rings (SSSR count). The molecule has 0 fully saturated rings. The largest absolute Gasteiger partial charge is 0.394 e. The molecule has 1 N–H and O–H groups in total. The molecule has 1 atom stereocenters. The number of benzene rings is 1. The Bertz CT molecular complexity index is 432. The quantitative estimate of drug-likeness (QED) is 0.527. The molecule has 0 spiro atoms. The molecule has 1 unspecified atom stereocenters. The van der Waals surface area contributed by atoms with Crippen molar-refractivity contribution in [2.45, 2.75) is 83.6 Å². The highest BCUT2D eigenvalue weighted by Crippen LogP contribution is 2.32. The van der Waals surface area contributed by atoms with Gasteiger partial charge < -0.3 is 10.0 Å². The molecule has 0 saturated heterocycles. The Morgan fingerprint density at radius 3 is 2.17 bits per heavy atom. The third kappa shape index (κ3) is 5.84. The van der Waals surface area contributed by atoms with E-state index >= 15 is 0 Å². The smallest absolute Gasteiger partial charge is 0.0638 e. The molecule has 2 nitrogen and oxygen atoms in total. The summed E-state index contributed by atoms with van der Waals surface area (Å²) in [5, 5.41) is 9.63. The highest BCUT2D eigenvalue weighted by atomic mass is 16.3. The van der Waals surface area contributed by atoms with Gasteiger partial charge in [-0.25, -0.2) is 0 Å². The number of para-hydroxylation sites is 1. The van der Waals surface area contributed by atoms with Crippen LogP contribution in [0.1, 0.15) is 76.7 Å². The van der Waals surface area contributed by atoms with E-state index in [4.69, 9.17) is 0 Å².